The van der Waals surface area contributed by atoms with Crippen LogP contribution in [0.1, 0.15) is 46.5 Å². The van der Waals surface area contributed by atoms with Crippen LogP contribution in [0.15, 0.2) is 0 Å². The predicted octanol–water partition coefficient (Wildman–Crippen LogP) is 1.59. The minimum absolute atomic E-state index is 0.166. The number of hydrogen-bond donors (Lipinski definition) is 0. The van der Waals surface area contributed by atoms with Crippen molar-refractivity contribution in [1.82, 2.24) is 14.7 Å². The van der Waals surface area contributed by atoms with Crippen LogP contribution >= 0.6 is 0 Å². The van der Waals surface area contributed by atoms with Crippen LogP contribution in [0.3, 0.4) is 0 Å². The molecule has 144 valence electrons. The SMILES string of the molecule is CC(C)COCCC(=O)N1CCN(CC(=O)N2CCCCC2C)CC1. The van der Waals surface area contributed by atoms with Gasteiger partial charge in [-0.1, -0.05) is 13.8 Å². The third-order valence-electron chi connectivity index (χ3n) is 5.12. The average Bonchev–Trinajstić information content (AvgIpc) is 2.59. The first kappa shape index (κ1) is 20.2. The number of likely N-dealkylation sites (tertiary alicyclic amines) is 1. The van der Waals surface area contributed by atoms with Crippen molar-refractivity contribution in [3.63, 3.8) is 0 Å². The molecular formula is C19H35N3O3. The monoisotopic (exact) mass is 353 g/mol. The maximum absolute atomic E-state index is 12.5. The van der Waals surface area contributed by atoms with Gasteiger partial charge in [0.15, 0.2) is 0 Å². The molecule has 2 aliphatic heterocycles. The number of piperazine rings is 1. The van der Waals surface area contributed by atoms with E-state index >= 15 is 0 Å². The first-order valence-corrected chi connectivity index (χ1v) is 9.84. The quantitative estimate of drug-likeness (QED) is 0.652. The van der Waals surface area contributed by atoms with Gasteiger partial charge in [-0.15, -0.1) is 0 Å². The summed E-state index contributed by atoms with van der Waals surface area (Å²) in [5.41, 5.74) is 0. The van der Waals surface area contributed by atoms with Crippen molar-refractivity contribution in [2.75, 3.05) is 52.5 Å². The molecule has 0 saturated carbocycles. The highest BCUT2D eigenvalue weighted by Gasteiger charge is 2.27. The Morgan fingerprint density at radius 3 is 2.40 bits per heavy atom. The lowest BCUT2D eigenvalue weighted by Crippen LogP contribution is -2.53. The molecule has 25 heavy (non-hydrogen) atoms. The lowest BCUT2D eigenvalue weighted by molar-refractivity contribution is -0.137. The Bertz CT molecular complexity index is 434. The highest BCUT2D eigenvalue weighted by Crippen LogP contribution is 2.17. The second-order valence-electron chi connectivity index (χ2n) is 7.81. The summed E-state index contributed by atoms with van der Waals surface area (Å²) in [5.74, 6) is 0.909. The number of hydrogen-bond acceptors (Lipinski definition) is 4. The second kappa shape index (κ2) is 10.1. The fourth-order valence-electron chi connectivity index (χ4n) is 3.54. The van der Waals surface area contributed by atoms with Crippen LogP contribution in [-0.4, -0.2) is 85.0 Å². The molecule has 0 N–H and O–H groups in total. The van der Waals surface area contributed by atoms with E-state index in [1.807, 2.05) is 9.80 Å². The van der Waals surface area contributed by atoms with E-state index in [9.17, 15) is 9.59 Å². The van der Waals surface area contributed by atoms with E-state index in [1.165, 1.54) is 6.42 Å². The van der Waals surface area contributed by atoms with Gasteiger partial charge in [-0.25, -0.2) is 0 Å². The highest BCUT2D eigenvalue weighted by molar-refractivity contribution is 5.79. The zero-order chi connectivity index (χ0) is 18.2. The number of carbonyl (C=O) groups excluding carboxylic acids is 2. The van der Waals surface area contributed by atoms with Crippen molar-refractivity contribution in [3.8, 4) is 0 Å². The van der Waals surface area contributed by atoms with Gasteiger partial charge in [0.2, 0.25) is 11.8 Å². The van der Waals surface area contributed by atoms with Crippen LogP contribution in [0.4, 0.5) is 0 Å². The molecular weight excluding hydrogens is 318 g/mol. The minimum atomic E-state index is 0.166. The summed E-state index contributed by atoms with van der Waals surface area (Å²) in [7, 11) is 0. The zero-order valence-corrected chi connectivity index (χ0v) is 16.2. The molecule has 0 radical (unpaired) electrons. The topological polar surface area (TPSA) is 53.1 Å². The van der Waals surface area contributed by atoms with Gasteiger partial charge in [0, 0.05) is 45.4 Å². The highest BCUT2D eigenvalue weighted by atomic mass is 16.5. The molecule has 1 unspecified atom stereocenters. The summed E-state index contributed by atoms with van der Waals surface area (Å²) < 4.78 is 5.50. The van der Waals surface area contributed by atoms with Gasteiger partial charge >= 0.3 is 0 Å². The number of carbonyl (C=O) groups is 2. The fraction of sp³-hybridized carbons (Fsp3) is 0.895. The molecule has 0 spiro atoms. The van der Waals surface area contributed by atoms with E-state index in [1.54, 1.807) is 0 Å². The summed E-state index contributed by atoms with van der Waals surface area (Å²) in [4.78, 5) is 30.8. The molecule has 0 bridgehead atoms. The van der Waals surface area contributed by atoms with Crippen LogP contribution in [0.2, 0.25) is 0 Å². The summed E-state index contributed by atoms with van der Waals surface area (Å²) >= 11 is 0. The molecule has 1 atom stereocenters. The van der Waals surface area contributed by atoms with E-state index < -0.39 is 0 Å². The Labute approximate surface area is 152 Å². The van der Waals surface area contributed by atoms with E-state index in [0.29, 0.717) is 51.2 Å². The van der Waals surface area contributed by atoms with Crippen molar-refractivity contribution in [3.05, 3.63) is 0 Å². The second-order valence-corrected chi connectivity index (χ2v) is 7.81. The van der Waals surface area contributed by atoms with Crippen LogP contribution in [-0.2, 0) is 14.3 Å². The Morgan fingerprint density at radius 1 is 1.04 bits per heavy atom. The lowest BCUT2D eigenvalue weighted by Gasteiger charge is -2.38. The van der Waals surface area contributed by atoms with Crippen molar-refractivity contribution >= 4 is 11.8 Å². The smallest absolute Gasteiger partial charge is 0.236 e. The fourth-order valence-corrected chi connectivity index (χ4v) is 3.54. The molecule has 2 amide bonds. The maximum Gasteiger partial charge on any atom is 0.236 e. The van der Waals surface area contributed by atoms with Crippen molar-refractivity contribution < 1.29 is 14.3 Å². The Kier molecular flexibility index (Phi) is 8.16. The first-order chi connectivity index (χ1) is 12.0. The number of piperidine rings is 1. The molecule has 0 aromatic carbocycles. The number of nitrogens with zero attached hydrogens (tertiary/aromatic N) is 3. The number of ether oxygens (including phenoxy) is 1. The van der Waals surface area contributed by atoms with E-state index in [2.05, 4.69) is 25.7 Å². The lowest BCUT2D eigenvalue weighted by atomic mass is 10.0. The van der Waals surface area contributed by atoms with Gasteiger partial charge in [-0.3, -0.25) is 14.5 Å². The molecule has 2 fully saturated rings. The number of amides is 2. The van der Waals surface area contributed by atoms with Crippen molar-refractivity contribution in [1.29, 1.82) is 0 Å². The molecule has 0 aliphatic carbocycles. The van der Waals surface area contributed by atoms with Crippen molar-refractivity contribution in [2.24, 2.45) is 5.92 Å². The first-order valence-electron chi connectivity index (χ1n) is 9.84. The average molecular weight is 354 g/mol. The predicted molar refractivity (Wildman–Crippen MR) is 98.3 cm³/mol. The van der Waals surface area contributed by atoms with Gasteiger partial charge in [-0.2, -0.15) is 0 Å². The van der Waals surface area contributed by atoms with Crippen molar-refractivity contribution in [2.45, 2.75) is 52.5 Å². The zero-order valence-electron chi connectivity index (χ0n) is 16.2. The van der Waals surface area contributed by atoms with E-state index in [0.717, 1.165) is 32.5 Å². The summed E-state index contributed by atoms with van der Waals surface area (Å²) in [6.45, 7) is 11.9. The minimum Gasteiger partial charge on any atom is -0.381 e. The largest absolute Gasteiger partial charge is 0.381 e. The van der Waals surface area contributed by atoms with E-state index in [-0.39, 0.29) is 11.8 Å². The third kappa shape index (κ3) is 6.59. The Balaban J connectivity index is 1.65. The Hall–Kier alpha value is -1.14. The van der Waals surface area contributed by atoms with Gasteiger partial charge in [0.05, 0.1) is 19.6 Å². The van der Waals surface area contributed by atoms with Gasteiger partial charge in [0.25, 0.3) is 0 Å². The molecule has 2 aliphatic rings. The van der Waals surface area contributed by atoms with Crippen LogP contribution in [0.25, 0.3) is 0 Å². The summed E-state index contributed by atoms with van der Waals surface area (Å²) in [6.07, 6.45) is 3.92. The molecule has 6 nitrogen and oxygen atoms in total. The molecule has 2 rings (SSSR count). The standard InChI is InChI=1S/C19H35N3O3/c1-16(2)15-25-13-7-18(23)21-11-9-20(10-12-21)14-19(24)22-8-5-4-6-17(22)3/h16-17H,4-15H2,1-3H3. The maximum atomic E-state index is 12.5. The van der Waals surface area contributed by atoms with E-state index in [4.69, 9.17) is 4.74 Å². The molecule has 0 aromatic heterocycles. The molecule has 2 heterocycles. The molecule has 2 saturated heterocycles. The normalized spacial score (nSPS) is 22.5. The Morgan fingerprint density at radius 2 is 1.76 bits per heavy atom. The third-order valence-corrected chi connectivity index (χ3v) is 5.12. The molecule has 0 aromatic rings. The van der Waals surface area contributed by atoms with Crippen LogP contribution in [0, 0.1) is 5.92 Å². The summed E-state index contributed by atoms with van der Waals surface area (Å²) in [6, 6.07) is 0.370. The van der Waals surface area contributed by atoms with Gasteiger partial charge < -0.3 is 14.5 Å². The number of rotatable bonds is 7. The van der Waals surface area contributed by atoms with Gasteiger partial charge in [0.1, 0.15) is 0 Å². The van der Waals surface area contributed by atoms with Crippen LogP contribution in [0.5, 0.6) is 0 Å². The van der Waals surface area contributed by atoms with Crippen LogP contribution < -0.4 is 0 Å². The molecule has 6 heteroatoms. The summed E-state index contributed by atoms with van der Waals surface area (Å²) in [5, 5.41) is 0. The van der Waals surface area contributed by atoms with Gasteiger partial charge in [-0.05, 0) is 32.1 Å².